The van der Waals surface area contributed by atoms with E-state index in [1.165, 1.54) is 4.31 Å². The van der Waals surface area contributed by atoms with Crippen LogP contribution in [0.25, 0.3) is 22.4 Å². The zero-order valence-corrected chi connectivity index (χ0v) is 18.0. The Kier molecular flexibility index (Phi) is 5.09. The van der Waals surface area contributed by atoms with E-state index in [0.717, 1.165) is 22.4 Å². The first-order valence-electron chi connectivity index (χ1n) is 9.84. The number of sulfonamides is 1. The summed E-state index contributed by atoms with van der Waals surface area (Å²) in [5, 5.41) is 9.05. The smallest absolute Gasteiger partial charge is 0.243 e. The number of nitrogens with zero attached hydrogens (tertiary/aromatic N) is 4. The van der Waals surface area contributed by atoms with Crippen molar-refractivity contribution in [1.29, 1.82) is 0 Å². The molecule has 1 fully saturated rings. The van der Waals surface area contributed by atoms with E-state index < -0.39 is 10.0 Å². The van der Waals surface area contributed by atoms with Crippen LogP contribution in [0.3, 0.4) is 0 Å². The van der Waals surface area contributed by atoms with E-state index in [1.54, 1.807) is 28.9 Å². The molecule has 2 heterocycles. The molecule has 156 valence electrons. The predicted molar refractivity (Wildman–Crippen MR) is 120 cm³/mol. The summed E-state index contributed by atoms with van der Waals surface area (Å²) in [6.07, 6.45) is 1.86. The average Bonchev–Trinajstić information content (AvgIpc) is 3.23. The topological polar surface area (TPSA) is 68.1 Å². The van der Waals surface area contributed by atoms with E-state index >= 15 is 0 Å². The number of hydrogen-bond donors (Lipinski definition) is 0. The second-order valence-electron chi connectivity index (χ2n) is 7.46. The van der Waals surface area contributed by atoms with E-state index in [0.29, 0.717) is 18.1 Å². The van der Waals surface area contributed by atoms with E-state index in [2.05, 4.69) is 10.3 Å². The Labute approximate surface area is 185 Å². The molecule has 4 aromatic rings. The van der Waals surface area contributed by atoms with Gasteiger partial charge in [-0.25, -0.2) is 13.1 Å². The maximum absolute atomic E-state index is 13.0. The molecule has 0 N–H and O–H groups in total. The molecule has 5 rings (SSSR count). The summed E-state index contributed by atoms with van der Waals surface area (Å²) in [5.74, 6) is 0. The van der Waals surface area contributed by atoms with Crippen molar-refractivity contribution in [3.63, 3.8) is 0 Å². The average molecular weight is 451 g/mol. The fourth-order valence-corrected chi connectivity index (χ4v) is 5.32. The fraction of sp³-hybridized carbons (Fsp3) is 0.130. The molecule has 31 heavy (non-hydrogen) atoms. The molecule has 0 amide bonds. The van der Waals surface area contributed by atoms with Gasteiger partial charge in [0.25, 0.3) is 0 Å². The number of benzene rings is 3. The van der Waals surface area contributed by atoms with Crippen molar-refractivity contribution in [3.8, 4) is 22.4 Å². The van der Waals surface area contributed by atoms with Gasteiger partial charge in [-0.05, 0) is 35.4 Å². The molecular weight excluding hydrogens is 432 g/mol. The Morgan fingerprint density at radius 3 is 2.26 bits per heavy atom. The molecule has 8 heteroatoms. The molecule has 1 aromatic heterocycles. The number of aromatic nitrogens is 3. The largest absolute Gasteiger partial charge is 0.246 e. The van der Waals surface area contributed by atoms with Crippen LogP contribution >= 0.6 is 11.6 Å². The molecule has 1 aliphatic rings. The van der Waals surface area contributed by atoms with Crippen LogP contribution in [0.5, 0.6) is 0 Å². The molecule has 0 bridgehead atoms. The Bertz CT molecular complexity index is 1320. The lowest BCUT2D eigenvalue weighted by molar-refractivity contribution is 0.189. The van der Waals surface area contributed by atoms with Gasteiger partial charge in [-0.1, -0.05) is 71.4 Å². The summed E-state index contributed by atoms with van der Waals surface area (Å²) >= 11 is 6.05. The minimum Gasteiger partial charge on any atom is -0.246 e. The van der Waals surface area contributed by atoms with Gasteiger partial charge in [0.2, 0.25) is 10.0 Å². The van der Waals surface area contributed by atoms with Crippen molar-refractivity contribution in [3.05, 3.63) is 90.1 Å². The third kappa shape index (κ3) is 3.87. The molecular formula is C23H19ClN4O2S. The zero-order valence-electron chi connectivity index (χ0n) is 16.5. The lowest BCUT2D eigenvalue weighted by atomic mass is 10.1. The minimum atomic E-state index is -3.55. The second kappa shape index (κ2) is 7.92. The highest BCUT2D eigenvalue weighted by molar-refractivity contribution is 7.89. The zero-order chi connectivity index (χ0) is 21.4. The van der Waals surface area contributed by atoms with Crippen molar-refractivity contribution < 1.29 is 8.42 Å². The molecule has 0 atom stereocenters. The first-order chi connectivity index (χ1) is 15.0. The van der Waals surface area contributed by atoms with Crippen LogP contribution in [0.4, 0.5) is 0 Å². The van der Waals surface area contributed by atoms with Gasteiger partial charge in [0.05, 0.1) is 17.1 Å². The van der Waals surface area contributed by atoms with E-state index in [1.807, 2.05) is 60.8 Å². The quantitative estimate of drug-likeness (QED) is 0.448. The van der Waals surface area contributed by atoms with E-state index in [9.17, 15) is 8.42 Å². The third-order valence-electron chi connectivity index (χ3n) is 5.43. The van der Waals surface area contributed by atoms with Gasteiger partial charge >= 0.3 is 0 Å². The Hall–Kier alpha value is -3.00. The van der Waals surface area contributed by atoms with Gasteiger partial charge in [0.15, 0.2) is 0 Å². The minimum absolute atomic E-state index is 0.0227. The van der Waals surface area contributed by atoms with Crippen molar-refractivity contribution >= 4 is 21.6 Å². The molecule has 1 aliphatic heterocycles. The van der Waals surface area contributed by atoms with Crippen molar-refractivity contribution in [2.45, 2.75) is 10.9 Å². The molecule has 0 saturated carbocycles. The highest BCUT2D eigenvalue weighted by atomic mass is 35.5. The van der Waals surface area contributed by atoms with Crippen LogP contribution in [-0.4, -0.2) is 40.8 Å². The van der Waals surface area contributed by atoms with Crippen molar-refractivity contribution in [1.82, 2.24) is 19.3 Å². The van der Waals surface area contributed by atoms with Crippen LogP contribution in [-0.2, 0) is 10.0 Å². The summed E-state index contributed by atoms with van der Waals surface area (Å²) in [6.45, 7) is 0.742. The van der Waals surface area contributed by atoms with E-state index in [4.69, 9.17) is 11.6 Å². The first kappa shape index (κ1) is 19.9. The summed E-state index contributed by atoms with van der Waals surface area (Å²) in [4.78, 5) is 0.278. The van der Waals surface area contributed by atoms with Gasteiger partial charge in [0, 0.05) is 23.7 Å². The van der Waals surface area contributed by atoms with E-state index in [-0.39, 0.29) is 10.9 Å². The molecule has 3 aromatic carbocycles. The summed E-state index contributed by atoms with van der Waals surface area (Å²) in [7, 11) is -3.55. The molecule has 0 spiro atoms. The number of rotatable bonds is 5. The first-order valence-corrected chi connectivity index (χ1v) is 11.7. The maximum Gasteiger partial charge on any atom is 0.243 e. The van der Waals surface area contributed by atoms with Gasteiger partial charge in [-0.3, -0.25) is 0 Å². The monoisotopic (exact) mass is 450 g/mol. The van der Waals surface area contributed by atoms with Crippen LogP contribution in [0.2, 0.25) is 5.02 Å². The van der Waals surface area contributed by atoms with Gasteiger partial charge in [0.1, 0.15) is 5.69 Å². The van der Waals surface area contributed by atoms with Crippen LogP contribution < -0.4 is 0 Å². The molecule has 0 aliphatic carbocycles. The highest BCUT2D eigenvalue weighted by Gasteiger charge is 2.38. The standard InChI is InChI=1S/C23H19ClN4O2S/c24-20-8-4-7-19(13-20)17-9-11-22(12-10-17)31(29,30)27-14-21(15-27)28-16-23(25-26-28)18-5-2-1-3-6-18/h1-13,16,21H,14-15H2. The molecule has 0 radical (unpaired) electrons. The van der Waals surface area contributed by atoms with Crippen molar-refractivity contribution in [2.24, 2.45) is 0 Å². The highest BCUT2D eigenvalue weighted by Crippen LogP contribution is 2.30. The van der Waals surface area contributed by atoms with Crippen LogP contribution in [0.15, 0.2) is 90.0 Å². The SMILES string of the molecule is O=S(=O)(c1ccc(-c2cccc(Cl)c2)cc1)N1CC(n2cc(-c3ccccc3)nn2)C1. The summed E-state index contributed by atoms with van der Waals surface area (Å²) in [5.41, 5.74) is 3.62. The molecule has 1 saturated heterocycles. The maximum atomic E-state index is 13.0. The third-order valence-corrected chi connectivity index (χ3v) is 7.51. The lowest BCUT2D eigenvalue weighted by Crippen LogP contribution is -2.50. The van der Waals surface area contributed by atoms with Gasteiger partial charge < -0.3 is 0 Å². The van der Waals surface area contributed by atoms with Crippen LogP contribution in [0, 0.1) is 0 Å². The second-order valence-corrected chi connectivity index (χ2v) is 9.83. The molecule has 0 unspecified atom stereocenters. The Morgan fingerprint density at radius 2 is 1.55 bits per heavy atom. The summed E-state index contributed by atoms with van der Waals surface area (Å²) < 4.78 is 29.2. The van der Waals surface area contributed by atoms with Gasteiger partial charge in [-0.15, -0.1) is 5.10 Å². The lowest BCUT2D eigenvalue weighted by Gasteiger charge is -2.37. The van der Waals surface area contributed by atoms with Crippen LogP contribution in [0.1, 0.15) is 6.04 Å². The van der Waals surface area contributed by atoms with Crippen molar-refractivity contribution in [2.75, 3.05) is 13.1 Å². The number of halogens is 1. The van der Waals surface area contributed by atoms with Gasteiger partial charge in [-0.2, -0.15) is 4.31 Å². The normalized spacial score (nSPS) is 15.0. The Balaban J connectivity index is 1.28. The fourth-order valence-electron chi connectivity index (χ4n) is 3.61. The summed E-state index contributed by atoms with van der Waals surface area (Å²) in [6, 6.07) is 24.1. The number of hydrogen-bond acceptors (Lipinski definition) is 4. The predicted octanol–water partition coefficient (Wildman–Crippen LogP) is 4.51. The molecule has 6 nitrogen and oxygen atoms in total. The Morgan fingerprint density at radius 1 is 0.839 bits per heavy atom.